The molecule has 0 amide bonds. The Balaban J connectivity index is 1.72. The smallest absolute Gasteiger partial charge is 0.364 e. The molecule has 6 heteroatoms. The van der Waals surface area contributed by atoms with Gasteiger partial charge in [0, 0.05) is 18.7 Å². The van der Waals surface area contributed by atoms with Gasteiger partial charge in [0.2, 0.25) is 0 Å². The van der Waals surface area contributed by atoms with Gasteiger partial charge < -0.3 is 9.84 Å². The third-order valence-electron chi connectivity index (χ3n) is 3.25. The van der Waals surface area contributed by atoms with E-state index in [1.165, 1.54) is 6.26 Å². The Bertz CT molecular complexity index is 329. The zero-order valence-electron chi connectivity index (χ0n) is 9.33. The Kier molecular flexibility index (Phi) is 3.71. The van der Waals surface area contributed by atoms with Gasteiger partial charge in [0.1, 0.15) is 6.26 Å². The first-order chi connectivity index (χ1) is 8.05. The molecule has 1 heterocycles. The monoisotopic (exact) mass is 248 g/mol. The van der Waals surface area contributed by atoms with Crippen molar-refractivity contribution in [2.75, 3.05) is 0 Å². The number of aromatic nitrogens is 1. The Morgan fingerprint density at radius 2 is 2.00 bits per heavy atom. The number of rotatable bonds is 3. The summed E-state index contributed by atoms with van der Waals surface area (Å²) >= 11 is 0. The highest BCUT2D eigenvalue weighted by atomic mass is 19.4. The van der Waals surface area contributed by atoms with Crippen LogP contribution in [-0.2, 0) is 6.54 Å². The lowest BCUT2D eigenvalue weighted by Gasteiger charge is -2.30. The summed E-state index contributed by atoms with van der Waals surface area (Å²) in [5.74, 6) is -1.12. The number of alkyl halides is 3. The van der Waals surface area contributed by atoms with Crippen LogP contribution in [0.5, 0.6) is 0 Å². The lowest BCUT2D eigenvalue weighted by atomic mass is 9.85. The van der Waals surface area contributed by atoms with Crippen molar-refractivity contribution in [3.63, 3.8) is 0 Å². The maximum atomic E-state index is 12.4. The van der Waals surface area contributed by atoms with E-state index in [2.05, 4.69) is 15.0 Å². The first-order valence-electron chi connectivity index (χ1n) is 5.75. The van der Waals surface area contributed by atoms with Crippen molar-refractivity contribution in [1.29, 1.82) is 0 Å². The van der Waals surface area contributed by atoms with E-state index in [1.54, 1.807) is 6.07 Å². The van der Waals surface area contributed by atoms with Crippen LogP contribution in [-0.4, -0.2) is 17.4 Å². The molecule has 0 spiro atoms. The van der Waals surface area contributed by atoms with Crippen molar-refractivity contribution in [2.45, 2.75) is 44.4 Å². The lowest BCUT2D eigenvalue weighted by molar-refractivity contribution is -0.182. The molecule has 0 radical (unpaired) electrons. The van der Waals surface area contributed by atoms with Crippen LogP contribution in [0, 0.1) is 5.92 Å². The number of hydrogen-bond donors (Lipinski definition) is 1. The molecule has 0 unspecified atom stereocenters. The van der Waals surface area contributed by atoms with Crippen molar-refractivity contribution in [3.05, 3.63) is 18.0 Å². The standard InChI is InChI=1S/C11H15F3N2O/c12-11(13,14)8-1-3-9(4-2-8)15-7-10-5-6-17-16-10/h5-6,8-9,15H,1-4,7H2. The maximum absolute atomic E-state index is 12.4. The Hall–Kier alpha value is -1.04. The minimum atomic E-state index is -4.03. The van der Waals surface area contributed by atoms with Crippen LogP contribution in [0.1, 0.15) is 31.4 Å². The molecular weight excluding hydrogens is 233 g/mol. The molecular formula is C11H15F3N2O. The molecule has 3 nitrogen and oxygen atoms in total. The van der Waals surface area contributed by atoms with E-state index in [0.717, 1.165) is 5.69 Å². The van der Waals surface area contributed by atoms with Crippen LogP contribution in [0.25, 0.3) is 0 Å². The number of nitrogens with one attached hydrogen (secondary N) is 1. The highest BCUT2D eigenvalue weighted by Gasteiger charge is 2.41. The molecule has 1 aliphatic carbocycles. The highest BCUT2D eigenvalue weighted by molar-refractivity contribution is 4.95. The number of nitrogens with zero attached hydrogens (tertiary/aromatic N) is 1. The molecule has 17 heavy (non-hydrogen) atoms. The Morgan fingerprint density at radius 1 is 1.29 bits per heavy atom. The average Bonchev–Trinajstić information content (AvgIpc) is 2.78. The fourth-order valence-corrected chi connectivity index (χ4v) is 2.20. The molecule has 1 aliphatic rings. The van der Waals surface area contributed by atoms with Gasteiger partial charge in [0.25, 0.3) is 0 Å². The quantitative estimate of drug-likeness (QED) is 0.893. The van der Waals surface area contributed by atoms with Gasteiger partial charge in [0.05, 0.1) is 11.6 Å². The van der Waals surface area contributed by atoms with Crippen molar-refractivity contribution < 1.29 is 17.7 Å². The molecule has 2 rings (SSSR count). The topological polar surface area (TPSA) is 38.1 Å². The van der Waals surface area contributed by atoms with E-state index in [9.17, 15) is 13.2 Å². The minimum absolute atomic E-state index is 0.158. The molecule has 0 aliphatic heterocycles. The van der Waals surface area contributed by atoms with Crippen LogP contribution in [0.2, 0.25) is 0 Å². The zero-order chi connectivity index (χ0) is 12.3. The van der Waals surface area contributed by atoms with Crippen LogP contribution in [0.4, 0.5) is 13.2 Å². The summed E-state index contributed by atoms with van der Waals surface area (Å²) in [6, 6.07) is 1.90. The molecule has 1 aromatic rings. The number of halogens is 3. The molecule has 1 saturated carbocycles. The maximum Gasteiger partial charge on any atom is 0.391 e. The lowest BCUT2D eigenvalue weighted by Crippen LogP contribution is -2.36. The SMILES string of the molecule is FC(F)(F)C1CCC(NCc2ccon2)CC1. The second-order valence-electron chi connectivity index (χ2n) is 4.46. The second kappa shape index (κ2) is 5.08. The summed E-state index contributed by atoms with van der Waals surface area (Å²) in [7, 11) is 0. The Morgan fingerprint density at radius 3 is 2.53 bits per heavy atom. The van der Waals surface area contributed by atoms with E-state index in [-0.39, 0.29) is 18.9 Å². The molecule has 1 N–H and O–H groups in total. The first-order valence-corrected chi connectivity index (χ1v) is 5.75. The van der Waals surface area contributed by atoms with E-state index in [4.69, 9.17) is 0 Å². The predicted molar refractivity (Wildman–Crippen MR) is 55.1 cm³/mol. The van der Waals surface area contributed by atoms with Crippen molar-refractivity contribution >= 4 is 0 Å². The van der Waals surface area contributed by atoms with Gasteiger partial charge >= 0.3 is 6.18 Å². The van der Waals surface area contributed by atoms with Crippen LogP contribution in [0.15, 0.2) is 16.9 Å². The molecule has 1 aromatic heterocycles. The van der Waals surface area contributed by atoms with Crippen molar-refractivity contribution in [2.24, 2.45) is 5.92 Å². The van der Waals surface area contributed by atoms with Crippen molar-refractivity contribution in [3.8, 4) is 0 Å². The summed E-state index contributed by atoms with van der Waals surface area (Å²) in [5, 5.41) is 6.94. The van der Waals surface area contributed by atoms with Crippen LogP contribution < -0.4 is 5.32 Å². The summed E-state index contributed by atoms with van der Waals surface area (Å²) < 4.78 is 42.0. The zero-order valence-corrected chi connectivity index (χ0v) is 9.33. The van der Waals surface area contributed by atoms with Gasteiger partial charge in [-0.15, -0.1) is 0 Å². The molecule has 96 valence electrons. The third-order valence-corrected chi connectivity index (χ3v) is 3.25. The van der Waals surface area contributed by atoms with Gasteiger partial charge in [-0.3, -0.25) is 0 Å². The molecule has 0 bridgehead atoms. The molecule has 0 atom stereocenters. The highest BCUT2D eigenvalue weighted by Crippen LogP contribution is 2.37. The van der Waals surface area contributed by atoms with E-state index in [0.29, 0.717) is 19.4 Å². The first kappa shape index (κ1) is 12.4. The Labute approximate surface area is 97.4 Å². The van der Waals surface area contributed by atoms with Gasteiger partial charge in [-0.2, -0.15) is 13.2 Å². The fourth-order valence-electron chi connectivity index (χ4n) is 2.20. The average molecular weight is 248 g/mol. The summed E-state index contributed by atoms with van der Waals surface area (Å²) in [6.07, 6.45) is -0.960. The molecule has 0 saturated heterocycles. The van der Waals surface area contributed by atoms with Crippen molar-refractivity contribution in [1.82, 2.24) is 10.5 Å². The van der Waals surface area contributed by atoms with E-state index in [1.807, 2.05) is 0 Å². The predicted octanol–water partition coefficient (Wildman–Crippen LogP) is 2.89. The normalized spacial score (nSPS) is 26.1. The molecule has 1 fully saturated rings. The third kappa shape index (κ3) is 3.46. The summed E-state index contributed by atoms with van der Waals surface area (Å²) in [4.78, 5) is 0. The van der Waals surface area contributed by atoms with Crippen LogP contribution in [0.3, 0.4) is 0 Å². The largest absolute Gasteiger partial charge is 0.391 e. The fraction of sp³-hybridized carbons (Fsp3) is 0.727. The summed E-state index contributed by atoms with van der Waals surface area (Å²) in [5.41, 5.74) is 0.781. The summed E-state index contributed by atoms with van der Waals surface area (Å²) in [6.45, 7) is 0.553. The van der Waals surface area contributed by atoms with Gasteiger partial charge in [0.15, 0.2) is 0 Å². The minimum Gasteiger partial charge on any atom is -0.364 e. The second-order valence-corrected chi connectivity index (χ2v) is 4.46. The van der Waals surface area contributed by atoms with Gasteiger partial charge in [-0.05, 0) is 25.7 Å². The van der Waals surface area contributed by atoms with E-state index >= 15 is 0 Å². The van der Waals surface area contributed by atoms with Gasteiger partial charge in [-0.25, -0.2) is 0 Å². The van der Waals surface area contributed by atoms with Crippen LogP contribution >= 0.6 is 0 Å². The number of hydrogen-bond acceptors (Lipinski definition) is 3. The van der Waals surface area contributed by atoms with E-state index < -0.39 is 12.1 Å². The van der Waals surface area contributed by atoms with Gasteiger partial charge in [-0.1, -0.05) is 5.16 Å². The molecule has 0 aromatic carbocycles.